The van der Waals surface area contributed by atoms with Crippen LogP contribution in [0.4, 0.5) is 0 Å². The lowest BCUT2D eigenvalue weighted by Gasteiger charge is -2.69. The third-order valence-corrected chi connectivity index (χ3v) is 12.1. The summed E-state index contributed by atoms with van der Waals surface area (Å²) >= 11 is 0. The molecule has 5 saturated carbocycles. The molecule has 2 saturated heterocycles. The molecule has 0 amide bonds. The van der Waals surface area contributed by atoms with Gasteiger partial charge in [-0.25, -0.2) is 0 Å². The number of methoxy groups -OCH3 is 4. The van der Waals surface area contributed by atoms with Crippen LogP contribution in [0.3, 0.4) is 0 Å². The van der Waals surface area contributed by atoms with E-state index in [9.17, 15) is 0 Å². The number of fused-ring (bicyclic) bond motifs is 1. The van der Waals surface area contributed by atoms with Gasteiger partial charge in [-0.1, -0.05) is 13.8 Å². The zero-order valence-corrected chi connectivity index (χ0v) is 21.0. The summed E-state index contributed by atoms with van der Waals surface area (Å²) in [5, 5.41) is 0. The highest BCUT2D eigenvalue weighted by atomic mass is 16.7. The molecule has 7 heteroatoms. The maximum absolute atomic E-state index is 6.98. The molecule has 0 N–H and O–H groups in total. The van der Waals surface area contributed by atoms with Crippen molar-refractivity contribution in [3.05, 3.63) is 0 Å². The van der Waals surface area contributed by atoms with Crippen molar-refractivity contribution in [2.24, 2.45) is 34.5 Å². The van der Waals surface area contributed by atoms with Crippen molar-refractivity contribution in [3.63, 3.8) is 0 Å². The van der Waals surface area contributed by atoms with Gasteiger partial charge in [-0.3, -0.25) is 4.90 Å². The minimum atomic E-state index is -0.536. The third-order valence-electron chi connectivity index (χ3n) is 12.1. The molecular weight excluding hydrogens is 422 g/mol. The molecule has 5 aliphatic carbocycles. The van der Waals surface area contributed by atoms with Crippen molar-refractivity contribution in [2.75, 3.05) is 48.3 Å². The molecular formula is C26H41NO6. The summed E-state index contributed by atoms with van der Waals surface area (Å²) in [4.78, 5) is 2.74. The molecule has 7 rings (SSSR count). The van der Waals surface area contributed by atoms with E-state index in [0.29, 0.717) is 24.5 Å². The molecule has 13 atom stereocenters. The van der Waals surface area contributed by atoms with Crippen molar-refractivity contribution in [2.45, 2.75) is 81.2 Å². The molecule has 0 aromatic rings. The Morgan fingerprint density at radius 3 is 2.52 bits per heavy atom. The smallest absolute Gasteiger partial charge is 0.148 e. The van der Waals surface area contributed by atoms with Gasteiger partial charge in [0.25, 0.3) is 0 Å². The second-order valence-electron chi connectivity index (χ2n) is 12.3. The molecule has 0 aromatic carbocycles. The quantitative estimate of drug-likeness (QED) is 0.620. The number of ether oxygens (including phenoxy) is 6. The molecule has 7 nitrogen and oxygen atoms in total. The Morgan fingerprint density at radius 1 is 1.03 bits per heavy atom. The SMILES string of the molecule is CCN1C[C@]2(C)CC[C@H](OC)[C@@]34C1[C@]1(OCO[C@@]15C[C@H](OC)[C@H]1C[C@@H]3[C@@H]5[C@H]1OC)[C@@H](OC)[C@H]24. The number of piperidine rings is 1. The van der Waals surface area contributed by atoms with Crippen LogP contribution in [0.15, 0.2) is 0 Å². The van der Waals surface area contributed by atoms with E-state index in [1.165, 1.54) is 6.42 Å². The van der Waals surface area contributed by atoms with Gasteiger partial charge < -0.3 is 28.4 Å². The molecule has 2 aliphatic heterocycles. The molecule has 3 spiro atoms. The van der Waals surface area contributed by atoms with Crippen LogP contribution in [0, 0.1) is 34.5 Å². The molecule has 0 aromatic heterocycles. The molecule has 33 heavy (non-hydrogen) atoms. The first kappa shape index (κ1) is 22.0. The first-order chi connectivity index (χ1) is 15.9. The lowest BCUT2D eigenvalue weighted by Crippen LogP contribution is -2.80. The van der Waals surface area contributed by atoms with E-state index in [1.807, 2.05) is 28.4 Å². The summed E-state index contributed by atoms with van der Waals surface area (Å²) < 4.78 is 39.5. The van der Waals surface area contributed by atoms with Gasteiger partial charge >= 0.3 is 0 Å². The average molecular weight is 464 g/mol. The van der Waals surface area contributed by atoms with E-state index < -0.39 is 11.2 Å². The highest BCUT2D eigenvalue weighted by Gasteiger charge is 2.93. The Bertz CT molecular complexity index is 842. The van der Waals surface area contributed by atoms with Crippen LogP contribution in [-0.4, -0.2) is 94.9 Å². The predicted octanol–water partition coefficient (Wildman–Crippen LogP) is 2.32. The summed E-state index contributed by atoms with van der Waals surface area (Å²) in [5.41, 5.74) is -0.867. The number of rotatable bonds is 5. The molecule has 186 valence electrons. The zero-order chi connectivity index (χ0) is 23.0. The third kappa shape index (κ3) is 1.99. The molecule has 7 aliphatic rings. The van der Waals surface area contributed by atoms with Crippen LogP contribution in [0.1, 0.15) is 39.5 Å². The lowest BCUT2D eigenvalue weighted by molar-refractivity contribution is -0.283. The van der Waals surface area contributed by atoms with Gasteiger partial charge in [0.15, 0.2) is 0 Å². The second-order valence-corrected chi connectivity index (χ2v) is 12.3. The zero-order valence-electron chi connectivity index (χ0n) is 21.0. The van der Waals surface area contributed by atoms with E-state index >= 15 is 0 Å². The minimum absolute atomic E-state index is 0.0262. The summed E-state index contributed by atoms with van der Waals surface area (Å²) in [5.74, 6) is 1.49. The second kappa shape index (κ2) is 6.72. The maximum Gasteiger partial charge on any atom is 0.148 e. The normalized spacial score (nSPS) is 62.5. The standard InChI is InChI=1S/C26H41NO6/c1-7-27-12-23(2)9-8-17(29-4)25-15-10-14-16(28-3)11-24(18(15)19(14)30-5)26(22(25)27,33-13-32-24)21(31-6)20(23)25/h14-22H,7-13H2,1-6H3/t14-,15-,16+,17+,18-,19+,20-,21+,22?,23+,24-,25+,26-/m1/s1. The van der Waals surface area contributed by atoms with E-state index in [0.717, 1.165) is 32.4 Å². The summed E-state index contributed by atoms with van der Waals surface area (Å²) in [6.07, 6.45) is 4.63. The van der Waals surface area contributed by atoms with E-state index in [-0.39, 0.29) is 47.2 Å². The van der Waals surface area contributed by atoms with Gasteiger partial charge in [-0.2, -0.15) is 0 Å². The molecule has 0 radical (unpaired) electrons. The average Bonchev–Trinajstić information content (AvgIpc) is 3.40. The van der Waals surface area contributed by atoms with E-state index in [4.69, 9.17) is 28.4 Å². The predicted molar refractivity (Wildman–Crippen MR) is 120 cm³/mol. The minimum Gasteiger partial charge on any atom is -0.381 e. The van der Waals surface area contributed by atoms with Crippen LogP contribution >= 0.6 is 0 Å². The Labute approximate surface area is 197 Å². The van der Waals surface area contributed by atoms with Gasteiger partial charge in [0, 0.05) is 64.6 Å². The molecule has 7 fully saturated rings. The fourth-order valence-electron chi connectivity index (χ4n) is 11.7. The highest BCUT2D eigenvalue weighted by Crippen LogP contribution is 2.82. The van der Waals surface area contributed by atoms with Crippen molar-refractivity contribution in [1.29, 1.82) is 0 Å². The molecule has 7 bridgehead atoms. The first-order valence-electron chi connectivity index (χ1n) is 13.1. The highest BCUT2D eigenvalue weighted by molar-refractivity contribution is 5.42. The van der Waals surface area contributed by atoms with Crippen LogP contribution in [-0.2, 0) is 28.4 Å². The number of likely N-dealkylation sites (N-methyl/N-ethyl adjacent to an activating group) is 1. The van der Waals surface area contributed by atoms with Crippen molar-refractivity contribution >= 4 is 0 Å². The first-order valence-corrected chi connectivity index (χ1v) is 13.1. The number of hydrogen-bond acceptors (Lipinski definition) is 7. The fraction of sp³-hybridized carbons (Fsp3) is 1.00. The Morgan fingerprint density at radius 2 is 1.85 bits per heavy atom. The summed E-state index contributed by atoms with van der Waals surface area (Å²) in [7, 11) is 7.58. The fourth-order valence-corrected chi connectivity index (χ4v) is 11.7. The van der Waals surface area contributed by atoms with Crippen molar-refractivity contribution in [1.82, 2.24) is 4.90 Å². The topological polar surface area (TPSA) is 58.6 Å². The Balaban J connectivity index is 1.57. The Hall–Kier alpha value is -0.280. The van der Waals surface area contributed by atoms with E-state index in [1.54, 1.807) is 0 Å². The largest absolute Gasteiger partial charge is 0.381 e. The van der Waals surface area contributed by atoms with Crippen LogP contribution in [0.5, 0.6) is 0 Å². The van der Waals surface area contributed by atoms with Gasteiger partial charge in [-0.05, 0) is 37.1 Å². The number of hydrogen-bond donors (Lipinski definition) is 0. The summed E-state index contributed by atoms with van der Waals surface area (Å²) in [6, 6.07) is 0.221. The molecule has 2 heterocycles. The van der Waals surface area contributed by atoms with Gasteiger partial charge in [0.2, 0.25) is 0 Å². The lowest BCUT2D eigenvalue weighted by atomic mass is 9.43. The molecule has 1 unspecified atom stereocenters. The number of likely N-dealkylation sites (tertiary alicyclic amines) is 1. The van der Waals surface area contributed by atoms with Crippen LogP contribution < -0.4 is 0 Å². The maximum atomic E-state index is 6.98. The Kier molecular flexibility index (Phi) is 4.47. The van der Waals surface area contributed by atoms with Gasteiger partial charge in [-0.15, -0.1) is 0 Å². The van der Waals surface area contributed by atoms with Crippen LogP contribution in [0.2, 0.25) is 0 Å². The van der Waals surface area contributed by atoms with Gasteiger partial charge in [0.1, 0.15) is 18.0 Å². The summed E-state index contributed by atoms with van der Waals surface area (Å²) in [6.45, 7) is 7.26. The van der Waals surface area contributed by atoms with Crippen molar-refractivity contribution < 1.29 is 28.4 Å². The number of nitrogens with zero attached hydrogens (tertiary/aromatic N) is 1. The van der Waals surface area contributed by atoms with Crippen molar-refractivity contribution in [3.8, 4) is 0 Å². The van der Waals surface area contributed by atoms with Crippen LogP contribution in [0.25, 0.3) is 0 Å². The van der Waals surface area contributed by atoms with E-state index in [2.05, 4.69) is 18.7 Å². The monoisotopic (exact) mass is 463 g/mol. The van der Waals surface area contributed by atoms with Gasteiger partial charge in [0.05, 0.1) is 30.5 Å².